The van der Waals surface area contributed by atoms with E-state index in [1.807, 2.05) is 66.7 Å². The first-order valence-corrected chi connectivity index (χ1v) is 14.1. The number of furan rings is 1. The third kappa shape index (κ3) is 14.6. The number of nitrogen functional groups attached to an aromatic ring is 1. The van der Waals surface area contributed by atoms with E-state index in [0.29, 0.717) is 28.8 Å². The number of hydrogen-bond acceptors (Lipinski definition) is 11. The first kappa shape index (κ1) is 45.1. The molecule has 0 saturated heterocycles. The quantitative estimate of drug-likeness (QED) is 0.0606. The van der Waals surface area contributed by atoms with Gasteiger partial charge in [-0.15, -0.1) is 0 Å². The van der Waals surface area contributed by atoms with Crippen molar-refractivity contribution in [3.63, 3.8) is 0 Å². The van der Waals surface area contributed by atoms with E-state index in [9.17, 15) is 19.1 Å². The number of alkyl halides is 2. The summed E-state index contributed by atoms with van der Waals surface area (Å²) >= 11 is 2.94. The normalized spacial score (nSPS) is 9.23. The van der Waals surface area contributed by atoms with Gasteiger partial charge in [0.15, 0.2) is 0 Å². The summed E-state index contributed by atoms with van der Waals surface area (Å²) in [5, 5.41) is 31.5. The van der Waals surface area contributed by atoms with Crippen LogP contribution in [0.4, 0.5) is 10.1 Å². The smallest absolute Gasteiger partial charge is 1.00 e. The molecule has 1 heterocycles. The summed E-state index contributed by atoms with van der Waals surface area (Å²) in [4.78, 5) is 33.2. The molecule has 0 bridgehead atoms. The Hall–Kier alpha value is -1.92. The monoisotopic (exact) mass is 765 g/mol. The van der Waals surface area contributed by atoms with Gasteiger partial charge in [0.2, 0.25) is 5.76 Å². The van der Waals surface area contributed by atoms with Gasteiger partial charge in [-0.1, -0.05) is 76.6 Å². The molecule has 15 heteroatoms. The molecule has 1 aromatic heterocycles. The van der Waals surface area contributed by atoms with Crippen LogP contribution in [-0.4, -0.2) is 49.2 Å². The zero-order valence-electron chi connectivity index (χ0n) is 28.3. The van der Waals surface area contributed by atoms with E-state index in [0.717, 1.165) is 26.9 Å². The Morgan fingerprint density at radius 2 is 1.55 bits per heavy atom. The second kappa shape index (κ2) is 27.0. The molecule has 0 amide bonds. The summed E-state index contributed by atoms with van der Waals surface area (Å²) in [5.74, 6) is -0.614. The number of carbonyl (C=O) groups excluding carboxylic acids is 3. The molecule has 240 valence electrons. The van der Waals surface area contributed by atoms with E-state index in [2.05, 4.69) is 25.6 Å². The minimum atomic E-state index is -1.00. The maximum Gasteiger partial charge on any atom is 1.00 e. The molecule has 0 saturated carbocycles. The molecule has 0 radical (unpaired) electrons. The number of carbonyl (C=O) groups is 3. The van der Waals surface area contributed by atoms with Crippen molar-refractivity contribution in [1.82, 2.24) is 0 Å². The van der Waals surface area contributed by atoms with Crippen molar-refractivity contribution in [1.29, 1.82) is 5.26 Å². The van der Waals surface area contributed by atoms with Crippen molar-refractivity contribution in [2.24, 2.45) is 0 Å². The predicted octanol–water partition coefficient (Wildman–Crippen LogP) is -0.153. The number of esters is 2. The van der Waals surface area contributed by atoms with Crippen LogP contribution in [0.1, 0.15) is 32.8 Å². The van der Waals surface area contributed by atoms with Crippen LogP contribution in [0.3, 0.4) is 0 Å². The Morgan fingerprint density at radius 3 is 2.04 bits per heavy atom. The van der Waals surface area contributed by atoms with E-state index < -0.39 is 13.1 Å². The number of rotatable bonds is 5. The van der Waals surface area contributed by atoms with Gasteiger partial charge >= 0.3 is 115 Å². The topological polar surface area (TPSA) is 185 Å². The van der Waals surface area contributed by atoms with Crippen LogP contribution in [0.15, 0.2) is 77.2 Å². The third-order valence-corrected chi connectivity index (χ3v) is 6.01. The van der Waals surface area contributed by atoms with Gasteiger partial charge in [0, 0.05) is 5.39 Å². The van der Waals surface area contributed by atoms with Gasteiger partial charge in [-0.2, -0.15) is 5.26 Å². The van der Waals surface area contributed by atoms with Gasteiger partial charge in [-0.3, -0.25) is 14.0 Å². The second-order valence-electron chi connectivity index (χ2n) is 8.15. The number of aromatic hydroxyl groups is 1. The van der Waals surface area contributed by atoms with Crippen LogP contribution in [0.5, 0.6) is 5.75 Å². The van der Waals surface area contributed by atoms with Crippen molar-refractivity contribution in [3.05, 3.63) is 84.1 Å². The minimum absolute atomic E-state index is 0. The Labute approximate surface area is 367 Å². The molecule has 5 aromatic rings. The fraction of sp³-hybridized carbons (Fsp3) is 0.188. The number of nitrogens with zero attached hydrogens (tertiary/aromatic N) is 1. The number of nitrogens with two attached hydrogens (primary N) is 1. The number of anilines is 1. The predicted molar refractivity (Wildman–Crippen MR) is 170 cm³/mol. The maximum atomic E-state index is 11.8. The molecule has 4 aromatic carbocycles. The molecule has 0 aliphatic carbocycles. The standard InChI is InChI=1S/C15H13NO3.C11H7NO.C4H7BrO2.CH3F.CH2O3.2K.H/c1-2-18-15(17)14-13(16)12-10-6-4-3-5-9(10)7-8-11(12)19-14;12-7-10-9-4-2-1-3-8(9)5-6-11(10)13;1-2-7-4(6)3-5;1-2;2-1-4-3;;;/h3-8H,2,16H2,1H3;1-6,13H;2-3H2,1H3;1H3;1,3H;;;/q;;;;;2*+1;-1/p-1/i;;;1D;;;;. The van der Waals surface area contributed by atoms with Crippen LogP contribution in [0.25, 0.3) is 32.5 Å². The Morgan fingerprint density at radius 1 is 1.04 bits per heavy atom. The fourth-order valence-electron chi connectivity index (χ4n) is 3.82. The zero-order chi connectivity index (χ0) is 34.5. The summed E-state index contributed by atoms with van der Waals surface area (Å²) in [7, 11) is -1.00. The molecular formula is C32H32BrFK2N2O9. The second-order valence-corrected chi connectivity index (χ2v) is 8.71. The summed E-state index contributed by atoms with van der Waals surface area (Å²) < 4.78 is 30.5. The largest absolute Gasteiger partial charge is 1.00 e. The van der Waals surface area contributed by atoms with Crippen molar-refractivity contribution < 1.29 is 153 Å². The molecule has 5 rings (SSSR count). The Kier molecular flexibility index (Phi) is 25.9. The molecule has 0 aliphatic heterocycles. The summed E-state index contributed by atoms with van der Waals surface area (Å²) in [6.07, 6.45) is 0. The van der Waals surface area contributed by atoms with Gasteiger partial charge in [0.1, 0.15) is 28.3 Å². The molecule has 0 unspecified atom stereocenters. The van der Waals surface area contributed by atoms with E-state index in [-0.39, 0.29) is 135 Å². The van der Waals surface area contributed by atoms with Crippen molar-refractivity contribution in [3.8, 4) is 11.8 Å². The first-order chi connectivity index (χ1) is 22.2. The third-order valence-electron chi connectivity index (χ3n) is 5.55. The SMILES string of the molecule is CCOC(=O)CBr.CCOC(=O)c1oc2ccc3ccccc3c2c1N.N#Cc1c(O)ccc2ccccc12.O=CO[O-].[2H]CF.[H-].[K+].[K+]. The molecule has 0 aliphatic rings. The number of nitriles is 1. The number of fused-ring (bicyclic) bond motifs is 4. The number of ether oxygens (including phenoxy) is 2. The Balaban J connectivity index is -0.000000617. The molecule has 0 atom stereocenters. The van der Waals surface area contributed by atoms with Gasteiger partial charge in [-0.05, 0) is 42.1 Å². The van der Waals surface area contributed by atoms with Gasteiger partial charge in [0.05, 0.1) is 32.8 Å². The van der Waals surface area contributed by atoms with E-state index in [1.54, 1.807) is 26.0 Å². The Bertz CT molecular complexity index is 1780. The van der Waals surface area contributed by atoms with Crippen LogP contribution in [-0.2, 0) is 24.0 Å². The van der Waals surface area contributed by atoms with E-state index >= 15 is 0 Å². The summed E-state index contributed by atoms with van der Waals surface area (Å²) in [6, 6.07) is 24.4. The van der Waals surface area contributed by atoms with Gasteiger partial charge in [0.25, 0.3) is 6.47 Å². The minimum Gasteiger partial charge on any atom is -1.00 e. The average Bonchev–Trinajstić information content (AvgIpc) is 3.42. The molecular weight excluding hydrogens is 733 g/mol. The van der Waals surface area contributed by atoms with Crippen LogP contribution < -0.4 is 114 Å². The molecule has 3 N–H and O–H groups in total. The van der Waals surface area contributed by atoms with E-state index in [1.165, 1.54) is 0 Å². The van der Waals surface area contributed by atoms with Crippen LogP contribution >= 0.6 is 15.9 Å². The molecule has 0 fully saturated rings. The summed E-state index contributed by atoms with van der Waals surface area (Å²) in [5.41, 5.74) is 7.32. The number of phenols is 1. The van der Waals surface area contributed by atoms with E-state index in [4.69, 9.17) is 31.6 Å². The maximum absolute atomic E-state index is 11.8. The number of benzene rings is 4. The van der Waals surface area contributed by atoms with Crippen LogP contribution in [0, 0.1) is 11.3 Å². The first-order valence-electron chi connectivity index (χ1n) is 13.7. The number of phenolic OH excluding ortho intramolecular Hbond substituents is 1. The number of halogens is 2. The van der Waals surface area contributed by atoms with Crippen molar-refractivity contribution in [2.45, 2.75) is 13.8 Å². The van der Waals surface area contributed by atoms with Crippen LogP contribution in [0.2, 0.25) is 0 Å². The van der Waals surface area contributed by atoms with Gasteiger partial charge < -0.3 is 36.3 Å². The van der Waals surface area contributed by atoms with Crippen molar-refractivity contribution in [2.75, 3.05) is 31.4 Å². The molecule has 11 nitrogen and oxygen atoms in total. The van der Waals surface area contributed by atoms with Crippen molar-refractivity contribution >= 4 is 72.5 Å². The molecule has 0 spiro atoms. The fourth-order valence-corrected chi connectivity index (χ4v) is 3.98. The zero-order valence-corrected chi connectivity index (χ0v) is 34.2. The average molecular weight is 767 g/mol. The molecule has 47 heavy (non-hydrogen) atoms. The van der Waals surface area contributed by atoms with Gasteiger partial charge in [-0.25, -0.2) is 4.79 Å². The number of hydrogen-bond donors (Lipinski definition) is 2. The summed E-state index contributed by atoms with van der Waals surface area (Å²) in [6.45, 7) is 4.09.